The second kappa shape index (κ2) is 9.72. The van der Waals surface area contributed by atoms with Gasteiger partial charge in [-0.2, -0.15) is 25.9 Å². The predicted molar refractivity (Wildman–Crippen MR) is 125 cm³/mol. The average Bonchev–Trinajstić information content (AvgIpc) is 3.38. The molecule has 5 atom stereocenters. The van der Waals surface area contributed by atoms with Gasteiger partial charge in [0.2, 0.25) is 5.91 Å². The van der Waals surface area contributed by atoms with Crippen LogP contribution in [0.3, 0.4) is 0 Å². The van der Waals surface area contributed by atoms with E-state index < -0.39 is 27.4 Å². The Morgan fingerprint density at radius 1 is 1.38 bits per heavy atom. The highest BCUT2D eigenvalue weighted by atomic mass is 32.2. The van der Waals surface area contributed by atoms with Crippen molar-refractivity contribution in [1.82, 2.24) is 19.5 Å². The Morgan fingerprint density at radius 3 is 2.86 bits per heavy atom. The molecule has 1 aromatic rings. The molecule has 3 aliphatic heterocycles. The number of carbonyl (C=O) groups is 1. The number of nitrogens with one attached hydrogen (secondary N) is 1. The standard InChI is InChI=1S/C23H32F3N5O5S/c1-35-20-12-36-5-3-19(20)29-17-7-16-11-31(37(27,33)34)13-22(16,8-17)21(32)30-4-2-18-14(10-30)6-15(9-28-18)23(24,25)26/h6,9,16-17,19-20,29H,2-5,7-8,10-13H2,1H3,(H2,27,33,34)/t16-,17+,19?,20?,22-/m0/s1. The van der Waals surface area contributed by atoms with E-state index >= 15 is 0 Å². The van der Waals surface area contributed by atoms with Crippen molar-refractivity contribution in [2.24, 2.45) is 16.5 Å². The van der Waals surface area contributed by atoms with Crippen LogP contribution >= 0.6 is 0 Å². The van der Waals surface area contributed by atoms with Gasteiger partial charge in [0.1, 0.15) is 0 Å². The summed E-state index contributed by atoms with van der Waals surface area (Å²) in [5, 5.41) is 9.05. The Bertz CT molecular complexity index is 1150. The first-order valence-corrected chi connectivity index (χ1v) is 13.9. The molecule has 2 unspecified atom stereocenters. The van der Waals surface area contributed by atoms with Crippen molar-refractivity contribution in [3.05, 3.63) is 29.1 Å². The molecule has 1 saturated carbocycles. The van der Waals surface area contributed by atoms with Gasteiger partial charge in [0.05, 0.1) is 23.7 Å². The number of carbonyl (C=O) groups excluding carboxylic acids is 1. The molecule has 0 bridgehead atoms. The van der Waals surface area contributed by atoms with Crippen molar-refractivity contribution in [1.29, 1.82) is 0 Å². The summed E-state index contributed by atoms with van der Waals surface area (Å²) in [5.74, 6) is -0.510. The van der Waals surface area contributed by atoms with Crippen molar-refractivity contribution >= 4 is 16.1 Å². The van der Waals surface area contributed by atoms with Crippen molar-refractivity contribution < 1.29 is 35.9 Å². The minimum atomic E-state index is -4.53. The third kappa shape index (κ3) is 5.11. The highest BCUT2D eigenvalue weighted by Crippen LogP contribution is 2.51. The number of hydrogen-bond donors (Lipinski definition) is 2. The average molecular weight is 548 g/mol. The number of ether oxygens (including phenoxy) is 2. The van der Waals surface area contributed by atoms with Crippen LogP contribution in [0.1, 0.15) is 36.1 Å². The molecule has 3 fully saturated rings. The number of hydrogen-bond acceptors (Lipinski definition) is 7. The fraction of sp³-hybridized carbons (Fsp3) is 0.739. The van der Waals surface area contributed by atoms with Gasteiger partial charge < -0.3 is 19.7 Å². The molecule has 206 valence electrons. The SMILES string of the molecule is COC1COCCC1N[C@@H]1C[C@H]2CN(S(N)(=O)=O)C[C@@]2(C(=O)N2CCc3ncc(C(F)(F)F)cc3C2)C1. The van der Waals surface area contributed by atoms with E-state index in [0.717, 1.165) is 23.0 Å². The smallest absolute Gasteiger partial charge is 0.379 e. The van der Waals surface area contributed by atoms with Crippen molar-refractivity contribution in [3.8, 4) is 0 Å². The molecular weight excluding hydrogens is 515 g/mol. The van der Waals surface area contributed by atoms with Crippen molar-refractivity contribution in [2.45, 2.75) is 56.6 Å². The minimum absolute atomic E-state index is 0.00125. The Morgan fingerprint density at radius 2 is 2.16 bits per heavy atom. The normalized spacial score (nSPS) is 32.8. The first-order valence-electron chi connectivity index (χ1n) is 12.4. The zero-order chi connectivity index (χ0) is 26.6. The van der Waals surface area contributed by atoms with Crippen LogP contribution in [-0.4, -0.2) is 86.7 Å². The number of aromatic nitrogens is 1. The Kier molecular flexibility index (Phi) is 7.03. The van der Waals surface area contributed by atoms with Gasteiger partial charge in [-0.3, -0.25) is 9.78 Å². The topological polar surface area (TPSA) is 127 Å². The third-order valence-corrected chi connectivity index (χ3v) is 9.34. The van der Waals surface area contributed by atoms with Gasteiger partial charge in [0, 0.05) is 70.3 Å². The number of nitrogens with two attached hydrogens (primary N) is 1. The van der Waals surface area contributed by atoms with Crippen LogP contribution in [0.2, 0.25) is 0 Å². The number of alkyl halides is 3. The fourth-order valence-corrected chi connectivity index (χ4v) is 7.28. The minimum Gasteiger partial charge on any atom is -0.379 e. The fourth-order valence-electron chi connectivity index (χ4n) is 6.48. The summed E-state index contributed by atoms with van der Waals surface area (Å²) in [5.41, 5.74) is -0.960. The van der Waals surface area contributed by atoms with E-state index in [0.29, 0.717) is 50.3 Å². The first kappa shape index (κ1) is 26.8. The van der Waals surface area contributed by atoms with Gasteiger partial charge in [0.15, 0.2) is 0 Å². The molecule has 4 aliphatic rings. The Labute approximate surface area is 213 Å². The lowest BCUT2D eigenvalue weighted by Gasteiger charge is -2.37. The van der Waals surface area contributed by atoms with Crippen molar-refractivity contribution in [2.75, 3.05) is 40.0 Å². The Hall–Kier alpha value is -1.84. The van der Waals surface area contributed by atoms with E-state index in [4.69, 9.17) is 14.6 Å². The van der Waals surface area contributed by atoms with Gasteiger partial charge >= 0.3 is 6.18 Å². The Balaban J connectivity index is 1.38. The van der Waals surface area contributed by atoms with Gasteiger partial charge in [-0.1, -0.05) is 0 Å². The molecular formula is C23H32F3N5O5S. The second-order valence-electron chi connectivity index (χ2n) is 10.5. The van der Waals surface area contributed by atoms with Crippen LogP contribution in [0.15, 0.2) is 12.3 Å². The number of pyridine rings is 1. The summed E-state index contributed by atoms with van der Waals surface area (Å²) >= 11 is 0. The molecule has 0 aromatic carbocycles. The van der Waals surface area contributed by atoms with Crippen LogP contribution in [0.4, 0.5) is 13.2 Å². The number of halogens is 3. The largest absolute Gasteiger partial charge is 0.417 e. The summed E-state index contributed by atoms with van der Waals surface area (Å²) in [6.45, 7) is 1.46. The molecule has 1 amide bonds. The van der Waals surface area contributed by atoms with E-state index in [9.17, 15) is 26.4 Å². The number of rotatable bonds is 5. The van der Waals surface area contributed by atoms with E-state index in [1.807, 2.05) is 0 Å². The molecule has 4 heterocycles. The number of amides is 1. The van der Waals surface area contributed by atoms with Crippen molar-refractivity contribution in [3.63, 3.8) is 0 Å². The highest BCUT2D eigenvalue weighted by Gasteiger charge is 2.60. The van der Waals surface area contributed by atoms with Gasteiger partial charge in [-0.05, 0) is 36.8 Å². The maximum Gasteiger partial charge on any atom is 0.417 e. The van der Waals surface area contributed by atoms with E-state index in [1.165, 1.54) is 0 Å². The maximum absolute atomic E-state index is 14.1. The van der Waals surface area contributed by atoms with Crippen LogP contribution in [0.5, 0.6) is 0 Å². The summed E-state index contributed by atoms with van der Waals surface area (Å²) in [4.78, 5) is 19.6. The number of nitrogens with zero attached hydrogens (tertiary/aromatic N) is 3. The monoisotopic (exact) mass is 547 g/mol. The molecule has 10 nitrogen and oxygen atoms in total. The molecule has 0 spiro atoms. The van der Waals surface area contributed by atoms with Crippen LogP contribution in [0, 0.1) is 11.3 Å². The summed E-state index contributed by atoms with van der Waals surface area (Å²) in [6.07, 6.45) is -1.78. The van der Waals surface area contributed by atoms with Crippen LogP contribution in [-0.2, 0) is 43.6 Å². The first-order chi connectivity index (χ1) is 17.4. The molecule has 3 N–H and O–H groups in total. The van der Waals surface area contributed by atoms with E-state index in [-0.39, 0.29) is 49.6 Å². The molecule has 0 radical (unpaired) electrons. The molecule has 2 saturated heterocycles. The molecule has 5 rings (SSSR count). The number of fused-ring (bicyclic) bond motifs is 2. The van der Waals surface area contributed by atoms with Gasteiger partial charge in [-0.25, -0.2) is 5.14 Å². The summed E-state index contributed by atoms with van der Waals surface area (Å²) < 4.78 is 76.4. The molecule has 37 heavy (non-hydrogen) atoms. The summed E-state index contributed by atoms with van der Waals surface area (Å²) in [7, 11) is -2.38. The lowest BCUT2D eigenvalue weighted by atomic mass is 9.78. The zero-order valence-electron chi connectivity index (χ0n) is 20.5. The van der Waals surface area contributed by atoms with E-state index in [2.05, 4.69) is 10.3 Å². The van der Waals surface area contributed by atoms with E-state index in [1.54, 1.807) is 12.0 Å². The zero-order valence-corrected chi connectivity index (χ0v) is 21.4. The van der Waals surface area contributed by atoms with Crippen LogP contribution < -0.4 is 10.5 Å². The van der Waals surface area contributed by atoms with Gasteiger partial charge in [-0.15, -0.1) is 0 Å². The third-order valence-electron chi connectivity index (χ3n) is 8.34. The maximum atomic E-state index is 14.1. The van der Waals surface area contributed by atoms with Crippen LogP contribution in [0.25, 0.3) is 0 Å². The molecule has 1 aromatic heterocycles. The van der Waals surface area contributed by atoms with Gasteiger partial charge in [0.25, 0.3) is 10.2 Å². The second-order valence-corrected chi connectivity index (χ2v) is 12.1. The lowest BCUT2D eigenvalue weighted by molar-refractivity contribution is -0.143. The highest BCUT2D eigenvalue weighted by molar-refractivity contribution is 7.86. The quantitative estimate of drug-likeness (QED) is 0.555. The number of methoxy groups -OCH3 is 1. The predicted octanol–water partition coefficient (Wildman–Crippen LogP) is 0.663. The molecule has 14 heteroatoms. The molecule has 1 aliphatic carbocycles. The summed E-state index contributed by atoms with van der Waals surface area (Å²) in [6, 6.07) is 1.04. The lowest BCUT2D eigenvalue weighted by Crippen LogP contribution is -2.52.